The van der Waals surface area contributed by atoms with Gasteiger partial charge in [-0.05, 0) is 55.0 Å². The fourth-order valence-corrected chi connectivity index (χ4v) is 6.82. The molecule has 192 valence electrons. The highest BCUT2D eigenvalue weighted by Gasteiger charge is 2.26. The number of aryl methyl sites for hydroxylation is 1. The van der Waals surface area contributed by atoms with Crippen molar-refractivity contribution in [1.29, 1.82) is 0 Å². The number of benzene rings is 1. The van der Waals surface area contributed by atoms with Crippen LogP contribution >= 0.6 is 0 Å². The molecule has 3 aromatic heterocycles. The van der Waals surface area contributed by atoms with Crippen molar-refractivity contribution in [2.24, 2.45) is 7.05 Å². The van der Waals surface area contributed by atoms with Gasteiger partial charge in [0.15, 0.2) is 5.65 Å². The summed E-state index contributed by atoms with van der Waals surface area (Å²) in [6.07, 6.45) is 13.7. The van der Waals surface area contributed by atoms with Gasteiger partial charge in [-0.1, -0.05) is 24.3 Å². The van der Waals surface area contributed by atoms with E-state index in [0.29, 0.717) is 11.7 Å². The number of ether oxygens (including phenoxy) is 1. The Morgan fingerprint density at radius 3 is 2.65 bits per heavy atom. The van der Waals surface area contributed by atoms with E-state index >= 15 is 0 Å². The zero-order valence-corrected chi connectivity index (χ0v) is 21.8. The average Bonchev–Trinajstić information content (AvgIpc) is 3.42. The molecular weight excluding hydrogens is 486 g/mol. The molecule has 0 amide bonds. The molecule has 37 heavy (non-hydrogen) atoms. The van der Waals surface area contributed by atoms with Gasteiger partial charge in [-0.3, -0.25) is 9.58 Å². The Balaban J connectivity index is 1.39. The second kappa shape index (κ2) is 9.89. The Labute approximate surface area is 217 Å². The Morgan fingerprint density at radius 2 is 1.89 bits per heavy atom. The summed E-state index contributed by atoms with van der Waals surface area (Å²) in [7, 11) is -1.96. The lowest BCUT2D eigenvalue weighted by molar-refractivity contribution is 0.129. The molecule has 9 heteroatoms. The first-order valence-electron chi connectivity index (χ1n) is 12.8. The van der Waals surface area contributed by atoms with Crippen LogP contribution in [0.5, 0.6) is 0 Å². The number of hydrogen-bond donors (Lipinski definition) is 0. The highest BCUT2D eigenvalue weighted by atomic mass is 32.2. The second-order valence-corrected chi connectivity index (χ2v) is 11.6. The molecule has 4 heterocycles. The average molecular weight is 518 g/mol. The fraction of sp³-hybridized carbons (Fsp3) is 0.357. The molecule has 4 aromatic rings. The van der Waals surface area contributed by atoms with Crippen molar-refractivity contribution < 1.29 is 13.2 Å². The highest BCUT2D eigenvalue weighted by Crippen LogP contribution is 2.36. The van der Waals surface area contributed by atoms with Crippen molar-refractivity contribution in [3.05, 3.63) is 72.8 Å². The Morgan fingerprint density at radius 1 is 1.03 bits per heavy atom. The van der Waals surface area contributed by atoms with Gasteiger partial charge in [0.25, 0.3) is 10.0 Å². The number of allylic oxidation sites excluding steroid dienone is 1. The Kier molecular flexibility index (Phi) is 6.44. The van der Waals surface area contributed by atoms with Crippen molar-refractivity contribution in [2.75, 3.05) is 26.3 Å². The summed E-state index contributed by atoms with van der Waals surface area (Å²) in [5.74, 6) is 0. The predicted molar refractivity (Wildman–Crippen MR) is 144 cm³/mol. The van der Waals surface area contributed by atoms with Crippen LogP contribution in [0, 0.1) is 0 Å². The topological polar surface area (TPSA) is 82.2 Å². The molecule has 1 atom stereocenters. The summed E-state index contributed by atoms with van der Waals surface area (Å²) < 4.78 is 35.8. The molecule has 0 N–H and O–H groups in total. The standard InChI is InChI=1S/C28H31N5O3S/c1-31-19-23(18-30-31)27-20-33(37(34,35)25-6-3-2-4-7-25)28-26(27)16-22(17-29-28)21-8-10-24(11-9-21)32-12-5-14-36-15-13-32/h2-4,6-8,16-20,24H,5,9-15H2,1H3. The minimum atomic E-state index is -3.81. The molecule has 0 bridgehead atoms. The Hall–Kier alpha value is -3.27. The van der Waals surface area contributed by atoms with Gasteiger partial charge in [-0.25, -0.2) is 17.4 Å². The van der Waals surface area contributed by atoms with E-state index in [2.05, 4.69) is 22.1 Å². The fourth-order valence-electron chi connectivity index (χ4n) is 5.48. The second-order valence-electron chi connectivity index (χ2n) is 9.81. The van der Waals surface area contributed by atoms with Crippen LogP contribution in [0.4, 0.5) is 0 Å². The van der Waals surface area contributed by atoms with Crippen LogP contribution in [0.3, 0.4) is 0 Å². The molecule has 0 saturated carbocycles. The number of pyridine rings is 1. The van der Waals surface area contributed by atoms with Gasteiger partial charge in [0.2, 0.25) is 0 Å². The SMILES string of the molecule is Cn1cc(-c2cn(S(=O)(=O)c3ccccc3)c3ncc(C4=CCC(N5CCCOCC5)CC4)cc23)cn1. The molecule has 1 unspecified atom stereocenters. The molecule has 1 aromatic carbocycles. The summed E-state index contributed by atoms with van der Waals surface area (Å²) in [6, 6.07) is 11.1. The van der Waals surface area contributed by atoms with Gasteiger partial charge in [-0.2, -0.15) is 5.10 Å². The van der Waals surface area contributed by atoms with Gasteiger partial charge in [-0.15, -0.1) is 0 Å². The zero-order valence-electron chi connectivity index (χ0n) is 21.0. The summed E-state index contributed by atoms with van der Waals surface area (Å²) in [5, 5.41) is 5.12. The molecule has 1 saturated heterocycles. The van der Waals surface area contributed by atoms with E-state index in [1.54, 1.807) is 47.4 Å². The van der Waals surface area contributed by atoms with Crippen LogP contribution in [0.25, 0.3) is 27.7 Å². The third-order valence-corrected chi connectivity index (χ3v) is 9.12. The van der Waals surface area contributed by atoms with E-state index in [-0.39, 0.29) is 4.90 Å². The van der Waals surface area contributed by atoms with Crippen LogP contribution in [0.15, 0.2) is 72.2 Å². The van der Waals surface area contributed by atoms with E-state index in [1.165, 1.54) is 9.55 Å². The van der Waals surface area contributed by atoms with Crippen molar-refractivity contribution in [3.8, 4) is 11.1 Å². The molecule has 0 spiro atoms. The molecule has 0 radical (unpaired) electrons. The first kappa shape index (κ1) is 24.1. The first-order chi connectivity index (χ1) is 18.0. The van der Waals surface area contributed by atoms with Gasteiger partial charge < -0.3 is 4.74 Å². The molecule has 1 aliphatic carbocycles. The molecule has 1 aliphatic heterocycles. The largest absolute Gasteiger partial charge is 0.380 e. The van der Waals surface area contributed by atoms with Gasteiger partial charge in [0.1, 0.15) is 0 Å². The van der Waals surface area contributed by atoms with Crippen LogP contribution in [-0.4, -0.2) is 64.4 Å². The lowest BCUT2D eigenvalue weighted by Gasteiger charge is -2.32. The number of fused-ring (bicyclic) bond motifs is 1. The number of nitrogens with zero attached hydrogens (tertiary/aromatic N) is 5. The monoisotopic (exact) mass is 517 g/mol. The van der Waals surface area contributed by atoms with E-state index in [1.807, 2.05) is 19.4 Å². The third kappa shape index (κ3) is 4.63. The Bertz CT molecular complexity index is 1550. The van der Waals surface area contributed by atoms with Crippen molar-refractivity contribution in [3.63, 3.8) is 0 Å². The first-order valence-corrected chi connectivity index (χ1v) is 14.3. The van der Waals surface area contributed by atoms with Gasteiger partial charge in [0.05, 0.1) is 17.7 Å². The van der Waals surface area contributed by atoms with Gasteiger partial charge in [0, 0.05) is 67.9 Å². The normalized spacial score (nSPS) is 19.6. The number of aromatic nitrogens is 4. The van der Waals surface area contributed by atoms with E-state index in [4.69, 9.17) is 9.72 Å². The quantitative estimate of drug-likeness (QED) is 0.392. The summed E-state index contributed by atoms with van der Waals surface area (Å²) in [6.45, 7) is 3.76. The maximum absolute atomic E-state index is 13.6. The highest BCUT2D eigenvalue weighted by molar-refractivity contribution is 7.90. The lowest BCUT2D eigenvalue weighted by Crippen LogP contribution is -2.37. The lowest BCUT2D eigenvalue weighted by atomic mass is 9.90. The number of rotatable bonds is 5. The summed E-state index contributed by atoms with van der Waals surface area (Å²) in [4.78, 5) is 7.51. The maximum Gasteiger partial charge on any atom is 0.269 e. The van der Waals surface area contributed by atoms with E-state index in [0.717, 1.165) is 74.1 Å². The molecule has 2 aliphatic rings. The van der Waals surface area contributed by atoms with E-state index < -0.39 is 10.0 Å². The molecule has 1 fully saturated rings. The van der Waals surface area contributed by atoms with Crippen molar-refractivity contribution in [1.82, 2.24) is 23.6 Å². The van der Waals surface area contributed by atoms with Gasteiger partial charge >= 0.3 is 0 Å². The van der Waals surface area contributed by atoms with Crippen molar-refractivity contribution >= 4 is 26.6 Å². The van der Waals surface area contributed by atoms with Crippen molar-refractivity contribution in [2.45, 2.75) is 36.6 Å². The van der Waals surface area contributed by atoms with Crippen LogP contribution in [-0.2, 0) is 21.8 Å². The third-order valence-electron chi connectivity index (χ3n) is 7.46. The smallest absolute Gasteiger partial charge is 0.269 e. The molecule has 8 nitrogen and oxygen atoms in total. The minimum absolute atomic E-state index is 0.232. The molecular formula is C28H31N5O3S. The van der Waals surface area contributed by atoms with Crippen LogP contribution < -0.4 is 0 Å². The number of hydrogen-bond acceptors (Lipinski definition) is 6. The maximum atomic E-state index is 13.6. The molecule has 6 rings (SSSR count). The predicted octanol–water partition coefficient (Wildman–Crippen LogP) is 4.33. The van der Waals surface area contributed by atoms with E-state index in [9.17, 15) is 8.42 Å². The van der Waals surface area contributed by atoms with Crippen LogP contribution in [0.1, 0.15) is 31.2 Å². The minimum Gasteiger partial charge on any atom is -0.380 e. The van der Waals surface area contributed by atoms with Crippen LogP contribution in [0.2, 0.25) is 0 Å². The zero-order chi connectivity index (χ0) is 25.4. The summed E-state index contributed by atoms with van der Waals surface area (Å²) in [5.41, 5.74) is 4.40. The summed E-state index contributed by atoms with van der Waals surface area (Å²) >= 11 is 0.